The molecule has 4 heteroatoms. The minimum absolute atomic E-state index is 0.0871. The fourth-order valence-electron chi connectivity index (χ4n) is 3.82. The van der Waals surface area contributed by atoms with Gasteiger partial charge in [0.1, 0.15) is 0 Å². The van der Waals surface area contributed by atoms with E-state index >= 15 is 0 Å². The number of likely N-dealkylation sites (tertiary alicyclic amines) is 1. The lowest BCUT2D eigenvalue weighted by molar-refractivity contribution is 0.0754. The minimum atomic E-state index is -0.222. The average molecular weight is 270 g/mol. The largest absolute Gasteiger partial charge is 0.393 e. The highest BCUT2D eigenvalue weighted by Gasteiger charge is 2.43. The van der Waals surface area contributed by atoms with Crippen molar-refractivity contribution in [1.29, 1.82) is 0 Å². The zero-order valence-electron chi connectivity index (χ0n) is 11.2. The first-order valence-electron chi connectivity index (χ1n) is 7.27. The number of hydrogen-bond donors (Lipinski definition) is 2. The predicted molar refractivity (Wildman–Crippen MR) is 76.4 cm³/mol. The Hall–Kier alpha value is -1.81. The molecule has 2 fully saturated rings. The smallest absolute Gasteiger partial charge is 0.256 e. The Morgan fingerprint density at radius 3 is 2.95 bits per heavy atom. The van der Waals surface area contributed by atoms with Gasteiger partial charge in [-0.25, -0.2) is 0 Å². The molecular formula is C16H18N2O2. The van der Waals surface area contributed by atoms with E-state index in [4.69, 9.17) is 0 Å². The molecule has 0 unspecified atom stereocenters. The minimum Gasteiger partial charge on any atom is -0.393 e. The Bertz CT molecular complexity index is 663. The number of nitrogens with zero attached hydrogens (tertiary/aromatic N) is 1. The fraction of sp³-hybridized carbons (Fsp3) is 0.438. The van der Waals surface area contributed by atoms with Crippen molar-refractivity contribution >= 4 is 16.8 Å². The Morgan fingerprint density at radius 2 is 2.10 bits per heavy atom. The predicted octanol–water partition coefficient (Wildman–Crippen LogP) is 2.01. The lowest BCUT2D eigenvalue weighted by Crippen LogP contribution is -2.30. The summed E-state index contributed by atoms with van der Waals surface area (Å²) in [5.41, 5.74) is 1.74. The van der Waals surface area contributed by atoms with Crippen molar-refractivity contribution in [2.24, 2.45) is 11.8 Å². The summed E-state index contributed by atoms with van der Waals surface area (Å²) in [6.07, 6.45) is 3.52. The second kappa shape index (κ2) is 4.35. The first-order valence-corrected chi connectivity index (χ1v) is 7.27. The Labute approximate surface area is 117 Å². The van der Waals surface area contributed by atoms with E-state index in [1.165, 1.54) is 0 Å². The molecule has 1 aliphatic carbocycles. The molecule has 4 nitrogen and oxygen atoms in total. The van der Waals surface area contributed by atoms with E-state index in [2.05, 4.69) is 4.98 Å². The van der Waals surface area contributed by atoms with E-state index < -0.39 is 0 Å². The maximum atomic E-state index is 12.7. The van der Waals surface area contributed by atoms with Gasteiger partial charge in [-0.1, -0.05) is 18.2 Å². The summed E-state index contributed by atoms with van der Waals surface area (Å²) in [7, 11) is 0. The summed E-state index contributed by atoms with van der Waals surface area (Å²) in [6, 6.07) is 7.87. The number of aromatic nitrogens is 1. The lowest BCUT2D eigenvalue weighted by Gasteiger charge is -2.18. The molecule has 1 amide bonds. The number of para-hydroxylation sites is 1. The standard InChI is InChI=1S/C16H18N2O2/c19-15-6-5-10-8-18(9-13(10)15)16(20)12-7-17-14-4-2-1-3-11(12)14/h1-4,7,10,13,15,17,19H,5-6,8-9H2/t10-,13+,15-/m1/s1. The number of nitrogens with one attached hydrogen (secondary N) is 1. The third-order valence-electron chi connectivity index (χ3n) is 4.93. The highest BCUT2D eigenvalue weighted by Crippen LogP contribution is 2.38. The van der Waals surface area contributed by atoms with Gasteiger partial charge in [0.15, 0.2) is 0 Å². The van der Waals surface area contributed by atoms with Crippen molar-refractivity contribution in [2.45, 2.75) is 18.9 Å². The summed E-state index contributed by atoms with van der Waals surface area (Å²) in [6.45, 7) is 1.49. The molecular weight excluding hydrogens is 252 g/mol. The van der Waals surface area contributed by atoms with Gasteiger partial charge < -0.3 is 15.0 Å². The molecule has 0 spiro atoms. The summed E-state index contributed by atoms with van der Waals surface area (Å²) >= 11 is 0. The number of aliphatic hydroxyl groups is 1. The molecule has 1 aliphatic heterocycles. The van der Waals surface area contributed by atoms with Crippen LogP contribution in [0, 0.1) is 11.8 Å². The topological polar surface area (TPSA) is 56.3 Å². The number of aromatic amines is 1. The summed E-state index contributed by atoms with van der Waals surface area (Å²) in [5, 5.41) is 10.9. The van der Waals surface area contributed by atoms with Gasteiger partial charge in [0.2, 0.25) is 0 Å². The first-order chi connectivity index (χ1) is 9.74. The summed E-state index contributed by atoms with van der Waals surface area (Å²) in [4.78, 5) is 17.7. The number of fused-ring (bicyclic) bond motifs is 2. The van der Waals surface area contributed by atoms with Crippen LogP contribution in [0.25, 0.3) is 10.9 Å². The van der Waals surface area contributed by atoms with Gasteiger partial charge in [0, 0.05) is 36.1 Å². The Morgan fingerprint density at radius 1 is 1.25 bits per heavy atom. The number of benzene rings is 1. The molecule has 1 aromatic heterocycles. The monoisotopic (exact) mass is 270 g/mol. The zero-order valence-corrected chi connectivity index (χ0v) is 11.2. The lowest BCUT2D eigenvalue weighted by atomic mass is 10.00. The fourth-order valence-corrected chi connectivity index (χ4v) is 3.82. The SMILES string of the molecule is O=C(c1c[nH]c2ccccc12)N1C[C@H]2CC[C@@H](O)[C@H]2C1. The zero-order chi connectivity index (χ0) is 13.7. The van der Waals surface area contributed by atoms with Crippen molar-refractivity contribution in [3.8, 4) is 0 Å². The molecule has 1 saturated heterocycles. The number of carbonyl (C=O) groups excluding carboxylic acids is 1. The molecule has 104 valence electrons. The van der Waals surface area contributed by atoms with Crippen molar-refractivity contribution in [1.82, 2.24) is 9.88 Å². The second-order valence-corrected chi connectivity index (χ2v) is 6.03. The van der Waals surface area contributed by atoms with Crippen LogP contribution in [0.1, 0.15) is 23.2 Å². The molecule has 4 rings (SSSR count). The number of aliphatic hydroxyl groups excluding tert-OH is 1. The molecule has 1 saturated carbocycles. The van der Waals surface area contributed by atoms with Gasteiger partial charge in [-0.05, 0) is 24.8 Å². The van der Waals surface area contributed by atoms with Crippen LogP contribution in [0.5, 0.6) is 0 Å². The Kier molecular flexibility index (Phi) is 2.60. The van der Waals surface area contributed by atoms with E-state index in [0.717, 1.165) is 35.9 Å². The molecule has 2 heterocycles. The average Bonchev–Trinajstić information content (AvgIpc) is 3.14. The van der Waals surface area contributed by atoms with Crippen molar-refractivity contribution < 1.29 is 9.90 Å². The first kappa shape index (κ1) is 12.0. The molecule has 2 aromatic rings. The normalized spacial score (nSPS) is 29.1. The van der Waals surface area contributed by atoms with Gasteiger partial charge in [-0.3, -0.25) is 4.79 Å². The van der Waals surface area contributed by atoms with Crippen molar-refractivity contribution in [3.05, 3.63) is 36.0 Å². The third kappa shape index (κ3) is 1.68. The van der Waals surface area contributed by atoms with Crippen LogP contribution in [0.3, 0.4) is 0 Å². The van der Waals surface area contributed by atoms with E-state index in [1.54, 1.807) is 6.20 Å². The highest BCUT2D eigenvalue weighted by atomic mass is 16.3. The molecule has 20 heavy (non-hydrogen) atoms. The summed E-state index contributed by atoms with van der Waals surface area (Å²) < 4.78 is 0. The number of rotatable bonds is 1. The maximum absolute atomic E-state index is 12.7. The quantitative estimate of drug-likeness (QED) is 0.833. The van der Waals surface area contributed by atoms with Gasteiger partial charge in [-0.2, -0.15) is 0 Å². The molecule has 0 bridgehead atoms. The van der Waals surface area contributed by atoms with Crippen LogP contribution in [-0.4, -0.2) is 40.1 Å². The van der Waals surface area contributed by atoms with Gasteiger partial charge in [-0.15, -0.1) is 0 Å². The third-order valence-corrected chi connectivity index (χ3v) is 4.93. The number of H-pyrrole nitrogens is 1. The van der Waals surface area contributed by atoms with Crippen molar-refractivity contribution in [2.75, 3.05) is 13.1 Å². The maximum Gasteiger partial charge on any atom is 0.256 e. The molecule has 2 N–H and O–H groups in total. The molecule has 3 atom stereocenters. The van der Waals surface area contributed by atoms with Gasteiger partial charge >= 0.3 is 0 Å². The van der Waals surface area contributed by atoms with Gasteiger partial charge in [0.05, 0.1) is 11.7 Å². The second-order valence-electron chi connectivity index (χ2n) is 6.03. The van der Waals surface area contributed by atoms with Crippen molar-refractivity contribution in [3.63, 3.8) is 0 Å². The Balaban J connectivity index is 1.62. The number of hydrogen-bond acceptors (Lipinski definition) is 2. The number of carbonyl (C=O) groups is 1. The van der Waals surface area contributed by atoms with Crippen LogP contribution in [0.15, 0.2) is 30.5 Å². The molecule has 0 radical (unpaired) electrons. The van der Waals surface area contributed by atoms with Crippen LogP contribution >= 0.6 is 0 Å². The van der Waals surface area contributed by atoms with Crippen LogP contribution in [0.2, 0.25) is 0 Å². The molecule has 1 aromatic carbocycles. The van der Waals surface area contributed by atoms with Crippen LogP contribution in [-0.2, 0) is 0 Å². The van der Waals surface area contributed by atoms with E-state index in [9.17, 15) is 9.90 Å². The van der Waals surface area contributed by atoms with E-state index in [-0.39, 0.29) is 17.9 Å². The van der Waals surface area contributed by atoms with Crippen LogP contribution < -0.4 is 0 Å². The summed E-state index contributed by atoms with van der Waals surface area (Å²) in [5.74, 6) is 0.854. The van der Waals surface area contributed by atoms with Gasteiger partial charge in [0.25, 0.3) is 5.91 Å². The number of amides is 1. The van der Waals surface area contributed by atoms with E-state index in [1.807, 2.05) is 29.2 Å². The van der Waals surface area contributed by atoms with Crippen LogP contribution in [0.4, 0.5) is 0 Å². The molecule has 2 aliphatic rings. The highest BCUT2D eigenvalue weighted by molar-refractivity contribution is 6.06. The van der Waals surface area contributed by atoms with E-state index in [0.29, 0.717) is 12.5 Å².